The molecule has 3 heteroatoms. The lowest BCUT2D eigenvalue weighted by molar-refractivity contribution is -0.151. The van der Waals surface area contributed by atoms with Crippen molar-refractivity contribution in [1.82, 2.24) is 0 Å². The fraction of sp³-hybridized carbons (Fsp3) is 0.667. The topological polar surface area (TPSA) is 57.5 Å². The highest BCUT2D eigenvalue weighted by molar-refractivity contribution is 5.89. The molecule has 4 atom stereocenters. The summed E-state index contributed by atoms with van der Waals surface area (Å²) in [5.74, 6) is -0.137. The maximum absolute atomic E-state index is 11.4. The third kappa shape index (κ3) is 0.753. The molecule has 0 aromatic rings. The van der Waals surface area contributed by atoms with Gasteiger partial charge in [0.05, 0.1) is 17.6 Å². The lowest BCUT2D eigenvalue weighted by Crippen LogP contribution is -2.56. The molecule has 3 nitrogen and oxygen atoms in total. The number of ketones is 1. The Bertz CT molecular complexity index is 258. The number of hydrogen-bond donors (Lipinski definition) is 2. The van der Waals surface area contributed by atoms with Crippen LogP contribution in [-0.2, 0) is 4.79 Å². The van der Waals surface area contributed by atoms with E-state index in [9.17, 15) is 15.0 Å². The minimum Gasteiger partial charge on any atom is -0.390 e. The summed E-state index contributed by atoms with van der Waals surface area (Å²) in [5, 5.41) is 19.1. The highest BCUT2D eigenvalue weighted by Crippen LogP contribution is 2.42. The Labute approximate surface area is 70.7 Å². The molecule has 1 fully saturated rings. The molecule has 0 heterocycles. The molecule has 3 rings (SSSR count). The van der Waals surface area contributed by atoms with Gasteiger partial charge in [0, 0.05) is 12.3 Å². The van der Waals surface area contributed by atoms with Crippen LogP contribution in [0.5, 0.6) is 0 Å². The van der Waals surface area contributed by atoms with Gasteiger partial charge in [-0.3, -0.25) is 4.79 Å². The van der Waals surface area contributed by atoms with Crippen LogP contribution in [0.3, 0.4) is 0 Å². The molecule has 0 radical (unpaired) electrons. The molecule has 1 saturated carbocycles. The summed E-state index contributed by atoms with van der Waals surface area (Å²) in [7, 11) is 0. The van der Waals surface area contributed by atoms with Gasteiger partial charge in [-0.1, -0.05) is 12.2 Å². The van der Waals surface area contributed by atoms with E-state index < -0.39 is 17.6 Å². The Morgan fingerprint density at radius 3 is 2.75 bits per heavy atom. The van der Waals surface area contributed by atoms with Crippen LogP contribution in [0.4, 0.5) is 0 Å². The number of carbonyl (C=O) groups is 1. The molecule has 2 bridgehead atoms. The fourth-order valence-electron chi connectivity index (χ4n) is 2.01. The van der Waals surface area contributed by atoms with Gasteiger partial charge in [0.2, 0.25) is 0 Å². The third-order valence-electron chi connectivity index (χ3n) is 3.09. The number of carbonyl (C=O) groups excluding carboxylic acids is 1. The van der Waals surface area contributed by atoms with Crippen molar-refractivity contribution in [2.24, 2.45) is 11.3 Å². The molecule has 0 unspecified atom stereocenters. The predicted molar refractivity (Wildman–Crippen MR) is 42.4 cm³/mol. The van der Waals surface area contributed by atoms with Gasteiger partial charge in [0.1, 0.15) is 5.78 Å². The van der Waals surface area contributed by atoms with E-state index in [1.165, 1.54) is 0 Å². The van der Waals surface area contributed by atoms with Crippen LogP contribution in [0, 0.1) is 11.3 Å². The van der Waals surface area contributed by atoms with Crippen LogP contribution in [0.25, 0.3) is 0 Å². The molecular weight excluding hydrogens is 156 g/mol. The largest absolute Gasteiger partial charge is 0.390 e. The zero-order chi connectivity index (χ0) is 8.93. The van der Waals surface area contributed by atoms with Gasteiger partial charge in [-0.05, 0) is 6.92 Å². The summed E-state index contributed by atoms with van der Waals surface area (Å²) in [6.07, 6.45) is 2.23. The first-order chi connectivity index (χ1) is 5.55. The molecule has 66 valence electrons. The van der Waals surface area contributed by atoms with Crippen molar-refractivity contribution in [3.05, 3.63) is 12.2 Å². The van der Waals surface area contributed by atoms with Crippen molar-refractivity contribution in [3.63, 3.8) is 0 Å². The highest BCUT2D eigenvalue weighted by Gasteiger charge is 2.51. The van der Waals surface area contributed by atoms with Crippen molar-refractivity contribution in [2.75, 3.05) is 0 Å². The molecule has 0 spiro atoms. The van der Waals surface area contributed by atoms with E-state index in [1.807, 2.05) is 6.08 Å². The van der Waals surface area contributed by atoms with Gasteiger partial charge >= 0.3 is 0 Å². The molecule has 0 amide bonds. The molecule has 0 aromatic heterocycles. The second kappa shape index (κ2) is 2.18. The van der Waals surface area contributed by atoms with E-state index in [0.29, 0.717) is 6.42 Å². The maximum Gasteiger partial charge on any atom is 0.145 e. The Kier molecular flexibility index (Phi) is 1.44. The molecule has 3 aliphatic carbocycles. The second-order valence-electron chi connectivity index (χ2n) is 3.87. The van der Waals surface area contributed by atoms with Gasteiger partial charge in [-0.15, -0.1) is 0 Å². The summed E-state index contributed by atoms with van der Waals surface area (Å²) >= 11 is 0. The first kappa shape index (κ1) is 7.95. The first-order valence-corrected chi connectivity index (χ1v) is 4.14. The quantitative estimate of drug-likeness (QED) is 0.495. The molecule has 0 aromatic carbocycles. The van der Waals surface area contributed by atoms with Crippen molar-refractivity contribution in [3.8, 4) is 0 Å². The van der Waals surface area contributed by atoms with Crippen LogP contribution in [-0.4, -0.2) is 28.2 Å². The maximum atomic E-state index is 11.4. The summed E-state index contributed by atoms with van der Waals surface area (Å²) in [6.45, 7) is 1.68. The van der Waals surface area contributed by atoms with Crippen molar-refractivity contribution in [1.29, 1.82) is 0 Å². The van der Waals surface area contributed by atoms with Gasteiger partial charge in [0.15, 0.2) is 0 Å². The number of aliphatic hydroxyl groups excluding tert-OH is 2. The van der Waals surface area contributed by atoms with Crippen LogP contribution in [0.1, 0.15) is 13.3 Å². The highest BCUT2D eigenvalue weighted by atomic mass is 16.3. The van der Waals surface area contributed by atoms with Crippen molar-refractivity contribution in [2.45, 2.75) is 25.6 Å². The smallest absolute Gasteiger partial charge is 0.145 e. The van der Waals surface area contributed by atoms with E-state index in [4.69, 9.17) is 0 Å². The summed E-state index contributed by atoms with van der Waals surface area (Å²) < 4.78 is 0. The Morgan fingerprint density at radius 1 is 1.58 bits per heavy atom. The van der Waals surface area contributed by atoms with Crippen molar-refractivity contribution < 1.29 is 15.0 Å². The molecule has 2 N–H and O–H groups in total. The van der Waals surface area contributed by atoms with Gasteiger partial charge in [-0.25, -0.2) is 0 Å². The lowest BCUT2D eigenvalue weighted by Gasteiger charge is -2.45. The van der Waals surface area contributed by atoms with E-state index in [0.717, 1.165) is 0 Å². The number of rotatable bonds is 0. The zero-order valence-electron chi connectivity index (χ0n) is 6.90. The number of aliphatic hydroxyl groups is 2. The van der Waals surface area contributed by atoms with Crippen LogP contribution in [0.15, 0.2) is 12.2 Å². The second-order valence-corrected chi connectivity index (χ2v) is 3.87. The lowest BCUT2D eigenvalue weighted by atomic mass is 9.62. The normalized spacial score (nSPS) is 51.6. The van der Waals surface area contributed by atoms with E-state index >= 15 is 0 Å². The number of fused-ring (bicyclic) bond motifs is 2. The van der Waals surface area contributed by atoms with E-state index in [2.05, 4.69) is 0 Å². The monoisotopic (exact) mass is 168 g/mol. The molecule has 0 saturated heterocycles. The minimum absolute atomic E-state index is 0.0350. The minimum atomic E-state index is -0.922. The van der Waals surface area contributed by atoms with Crippen LogP contribution in [0.2, 0.25) is 0 Å². The zero-order valence-corrected chi connectivity index (χ0v) is 6.90. The summed E-state index contributed by atoms with van der Waals surface area (Å²) in [4.78, 5) is 11.4. The molecular formula is C9H12O3. The van der Waals surface area contributed by atoms with Gasteiger partial charge < -0.3 is 10.2 Å². The van der Waals surface area contributed by atoms with E-state index in [1.54, 1.807) is 13.0 Å². The number of hydrogen-bond acceptors (Lipinski definition) is 3. The summed E-state index contributed by atoms with van der Waals surface area (Å²) in [5.41, 5.74) is -0.839. The van der Waals surface area contributed by atoms with Crippen LogP contribution < -0.4 is 0 Å². The molecule has 12 heavy (non-hydrogen) atoms. The Morgan fingerprint density at radius 2 is 2.25 bits per heavy atom. The Hall–Kier alpha value is -0.670. The first-order valence-electron chi connectivity index (χ1n) is 4.14. The SMILES string of the molecule is C[C@@]12C=C[C@@H](CC1=O)[C@H](O)[C@H]2O. The average molecular weight is 168 g/mol. The average Bonchev–Trinajstić information content (AvgIpc) is 2.04. The standard InChI is InChI=1S/C9H12O3/c1-9-3-2-5(4-6(9)10)7(11)8(9)12/h2-3,5,7-8,11-12H,4H2,1H3/t5-,7-,8+,9+/m0/s1. The van der Waals surface area contributed by atoms with Crippen LogP contribution >= 0.6 is 0 Å². The van der Waals surface area contributed by atoms with Crippen molar-refractivity contribution >= 4 is 5.78 Å². The molecule has 3 aliphatic rings. The molecule has 0 aliphatic heterocycles. The summed E-state index contributed by atoms with van der Waals surface area (Å²) in [6, 6.07) is 0. The van der Waals surface area contributed by atoms with Gasteiger partial charge in [-0.2, -0.15) is 0 Å². The Balaban J connectivity index is 2.45. The van der Waals surface area contributed by atoms with Gasteiger partial charge in [0.25, 0.3) is 0 Å². The predicted octanol–water partition coefficient (Wildman–Crippen LogP) is -0.127. The third-order valence-corrected chi connectivity index (χ3v) is 3.09. The fourth-order valence-corrected chi connectivity index (χ4v) is 2.01. The van der Waals surface area contributed by atoms with E-state index in [-0.39, 0.29) is 11.7 Å². The number of Topliss-reactive ketones (excluding diaryl/α,β-unsaturated/α-hetero) is 1.